The first-order valence-corrected chi connectivity index (χ1v) is 6.79. The lowest BCUT2D eigenvalue weighted by molar-refractivity contribution is -0.156. The van der Waals surface area contributed by atoms with Crippen molar-refractivity contribution in [1.29, 1.82) is 0 Å². The highest BCUT2D eigenvalue weighted by atomic mass is 16.2. The number of amides is 2. The smallest absolute Gasteiger partial charge is 0.248 e. The van der Waals surface area contributed by atoms with Crippen molar-refractivity contribution in [1.82, 2.24) is 10.2 Å². The largest absolute Gasteiger partial charge is 0.340 e. The summed E-state index contributed by atoms with van der Waals surface area (Å²) in [6, 6.07) is -0.317. The zero-order valence-electron chi connectivity index (χ0n) is 12.0. The molecule has 0 aromatic heterocycles. The molecule has 1 saturated heterocycles. The average Bonchev–Trinajstić information content (AvgIpc) is 2.91. The number of nitrogens with zero attached hydrogens (tertiary/aromatic N) is 1. The summed E-state index contributed by atoms with van der Waals surface area (Å²) in [5, 5.41) is 2.84. The van der Waals surface area contributed by atoms with Gasteiger partial charge in [-0.3, -0.25) is 9.59 Å². The molecule has 0 aromatic rings. The van der Waals surface area contributed by atoms with Gasteiger partial charge in [0.2, 0.25) is 11.8 Å². The maximum Gasteiger partial charge on any atom is 0.248 e. The monoisotopic (exact) mass is 252 g/mol. The Morgan fingerprint density at radius 3 is 2.28 bits per heavy atom. The summed E-state index contributed by atoms with van der Waals surface area (Å²) in [6.07, 6.45) is 2.31. The first-order valence-electron chi connectivity index (χ1n) is 6.79. The molecule has 1 atom stereocenters. The third-order valence-electron chi connectivity index (χ3n) is 4.12. The van der Waals surface area contributed by atoms with E-state index in [0.29, 0.717) is 6.54 Å². The van der Waals surface area contributed by atoms with E-state index in [1.165, 1.54) is 0 Å². The Balaban J connectivity index is 2.27. The molecule has 0 radical (unpaired) electrons. The predicted octanol–water partition coefficient (Wildman–Crippen LogP) is 1.55. The van der Waals surface area contributed by atoms with Gasteiger partial charge in [0.25, 0.3) is 0 Å². The van der Waals surface area contributed by atoms with Gasteiger partial charge in [0.1, 0.15) is 11.6 Å². The zero-order chi connectivity index (χ0) is 13.7. The summed E-state index contributed by atoms with van der Waals surface area (Å²) < 4.78 is 0. The molecule has 1 aliphatic heterocycles. The highest BCUT2D eigenvalue weighted by Gasteiger charge is 2.50. The third kappa shape index (κ3) is 2.25. The number of piperazine rings is 1. The van der Waals surface area contributed by atoms with Crippen molar-refractivity contribution in [3.63, 3.8) is 0 Å². The predicted molar refractivity (Wildman–Crippen MR) is 69.9 cm³/mol. The van der Waals surface area contributed by atoms with E-state index in [-0.39, 0.29) is 29.2 Å². The van der Waals surface area contributed by atoms with Crippen LogP contribution < -0.4 is 5.32 Å². The molecule has 1 unspecified atom stereocenters. The molecule has 2 fully saturated rings. The van der Waals surface area contributed by atoms with Gasteiger partial charge in [0, 0.05) is 6.54 Å². The van der Waals surface area contributed by atoms with Gasteiger partial charge < -0.3 is 10.2 Å². The van der Waals surface area contributed by atoms with Crippen molar-refractivity contribution in [3.8, 4) is 0 Å². The summed E-state index contributed by atoms with van der Waals surface area (Å²) >= 11 is 0. The van der Waals surface area contributed by atoms with Gasteiger partial charge >= 0.3 is 0 Å². The first kappa shape index (κ1) is 13.4. The van der Waals surface area contributed by atoms with Crippen LogP contribution in [0.5, 0.6) is 0 Å². The van der Waals surface area contributed by atoms with E-state index in [1.54, 1.807) is 13.8 Å². The number of nitrogens with one attached hydrogen (secondary N) is 1. The van der Waals surface area contributed by atoms with Crippen LogP contribution in [0.4, 0.5) is 0 Å². The van der Waals surface area contributed by atoms with Crippen molar-refractivity contribution in [3.05, 3.63) is 0 Å². The Bertz CT molecular complexity index is 383. The lowest BCUT2D eigenvalue weighted by atomic mass is 9.90. The maximum absolute atomic E-state index is 12.5. The van der Waals surface area contributed by atoms with E-state index in [9.17, 15) is 9.59 Å². The van der Waals surface area contributed by atoms with E-state index < -0.39 is 5.54 Å². The second kappa shape index (κ2) is 3.97. The number of rotatable bonds is 3. The molecule has 1 aliphatic carbocycles. The molecule has 2 rings (SSSR count). The summed E-state index contributed by atoms with van der Waals surface area (Å²) in [5.74, 6) is 0.181. The Morgan fingerprint density at radius 2 is 1.83 bits per heavy atom. The van der Waals surface area contributed by atoms with Crippen LogP contribution in [0.1, 0.15) is 47.5 Å². The number of carbonyl (C=O) groups excluding carboxylic acids is 2. The Kier molecular flexibility index (Phi) is 2.95. The van der Waals surface area contributed by atoms with Crippen LogP contribution in [-0.4, -0.2) is 34.8 Å². The van der Waals surface area contributed by atoms with E-state index in [2.05, 4.69) is 12.2 Å². The molecule has 0 aromatic carbocycles. The molecular weight excluding hydrogens is 228 g/mol. The lowest BCUT2D eigenvalue weighted by Crippen LogP contribution is -2.69. The van der Waals surface area contributed by atoms with Gasteiger partial charge in [-0.05, 0) is 38.0 Å². The number of carbonyl (C=O) groups is 2. The molecule has 102 valence electrons. The molecule has 1 saturated carbocycles. The van der Waals surface area contributed by atoms with Crippen molar-refractivity contribution in [2.75, 3.05) is 6.54 Å². The standard InChI is InChI=1S/C14H24N2O2/c1-9(2)10-11(17)15-13(3,4)12(18)16(10)8-14(5)6-7-14/h9-10H,6-8H2,1-5H3,(H,15,17). The quantitative estimate of drug-likeness (QED) is 0.828. The summed E-state index contributed by atoms with van der Waals surface area (Å²) in [5.41, 5.74) is -0.537. The van der Waals surface area contributed by atoms with Gasteiger partial charge in [-0.15, -0.1) is 0 Å². The Labute approximate surface area is 109 Å². The zero-order valence-corrected chi connectivity index (χ0v) is 12.0. The van der Waals surface area contributed by atoms with Gasteiger partial charge in [0.05, 0.1) is 0 Å². The molecule has 0 spiro atoms. The fourth-order valence-corrected chi connectivity index (χ4v) is 2.68. The maximum atomic E-state index is 12.5. The second-order valence-electron chi connectivity index (χ2n) is 7.05. The topological polar surface area (TPSA) is 49.4 Å². The fourth-order valence-electron chi connectivity index (χ4n) is 2.68. The van der Waals surface area contributed by atoms with Crippen LogP contribution in [-0.2, 0) is 9.59 Å². The van der Waals surface area contributed by atoms with Gasteiger partial charge in [-0.25, -0.2) is 0 Å². The second-order valence-corrected chi connectivity index (χ2v) is 7.05. The summed E-state index contributed by atoms with van der Waals surface area (Å²) in [7, 11) is 0. The normalized spacial score (nSPS) is 29.4. The number of hydrogen-bond donors (Lipinski definition) is 1. The highest BCUT2D eigenvalue weighted by molar-refractivity contribution is 5.99. The van der Waals surface area contributed by atoms with Crippen molar-refractivity contribution < 1.29 is 9.59 Å². The molecule has 4 heteroatoms. The molecule has 4 nitrogen and oxygen atoms in total. The summed E-state index contributed by atoms with van der Waals surface area (Å²) in [4.78, 5) is 26.5. The van der Waals surface area contributed by atoms with Gasteiger partial charge in [-0.1, -0.05) is 20.8 Å². The minimum atomic E-state index is -0.770. The third-order valence-corrected chi connectivity index (χ3v) is 4.12. The van der Waals surface area contributed by atoms with Crippen LogP contribution >= 0.6 is 0 Å². The molecule has 18 heavy (non-hydrogen) atoms. The van der Waals surface area contributed by atoms with E-state index >= 15 is 0 Å². The Morgan fingerprint density at radius 1 is 1.28 bits per heavy atom. The van der Waals surface area contributed by atoms with Crippen molar-refractivity contribution in [2.24, 2.45) is 11.3 Å². The summed E-state index contributed by atoms with van der Waals surface area (Å²) in [6.45, 7) is 10.5. The SMILES string of the molecule is CC(C)C1C(=O)NC(C)(C)C(=O)N1CC1(C)CC1. The van der Waals surface area contributed by atoms with Crippen LogP contribution in [0.25, 0.3) is 0 Å². The average molecular weight is 252 g/mol. The highest BCUT2D eigenvalue weighted by Crippen LogP contribution is 2.46. The van der Waals surface area contributed by atoms with Gasteiger partial charge in [0.15, 0.2) is 0 Å². The molecule has 2 aliphatic rings. The minimum absolute atomic E-state index is 0.0150. The number of hydrogen-bond acceptors (Lipinski definition) is 2. The van der Waals surface area contributed by atoms with E-state index in [1.807, 2.05) is 18.7 Å². The first-order chi connectivity index (χ1) is 8.16. The lowest BCUT2D eigenvalue weighted by Gasteiger charge is -2.45. The molecule has 0 bridgehead atoms. The molecule has 1 N–H and O–H groups in total. The van der Waals surface area contributed by atoms with E-state index in [0.717, 1.165) is 12.8 Å². The molecule has 2 amide bonds. The van der Waals surface area contributed by atoms with Crippen LogP contribution in [0.3, 0.4) is 0 Å². The fraction of sp³-hybridized carbons (Fsp3) is 0.857. The molecular formula is C14H24N2O2. The van der Waals surface area contributed by atoms with Gasteiger partial charge in [-0.2, -0.15) is 0 Å². The van der Waals surface area contributed by atoms with Crippen LogP contribution in [0.15, 0.2) is 0 Å². The minimum Gasteiger partial charge on any atom is -0.340 e. The molecule has 1 heterocycles. The van der Waals surface area contributed by atoms with E-state index in [4.69, 9.17) is 0 Å². The van der Waals surface area contributed by atoms with Crippen molar-refractivity contribution in [2.45, 2.75) is 59.0 Å². The van der Waals surface area contributed by atoms with Crippen LogP contribution in [0, 0.1) is 11.3 Å². The Hall–Kier alpha value is -1.06. The van der Waals surface area contributed by atoms with Crippen LogP contribution in [0.2, 0.25) is 0 Å². The van der Waals surface area contributed by atoms with Crippen molar-refractivity contribution >= 4 is 11.8 Å².